The van der Waals surface area contributed by atoms with E-state index in [1.54, 1.807) is 31.2 Å². The maximum atomic E-state index is 11.8. The second-order valence-electron chi connectivity index (χ2n) is 3.82. The molecule has 0 saturated heterocycles. The van der Waals surface area contributed by atoms with Gasteiger partial charge in [0.2, 0.25) is 0 Å². The van der Waals surface area contributed by atoms with E-state index < -0.39 is 6.10 Å². The monoisotopic (exact) mass is 332 g/mol. The van der Waals surface area contributed by atoms with Crippen molar-refractivity contribution in [1.29, 1.82) is 0 Å². The molecule has 4 nitrogen and oxygen atoms in total. The molecule has 0 aromatic heterocycles. The number of rotatable bonds is 5. The quantitative estimate of drug-likeness (QED) is 0.643. The first-order chi connectivity index (χ1) is 9.43. The van der Waals surface area contributed by atoms with E-state index >= 15 is 0 Å². The minimum Gasteiger partial charge on any atom is -0.479 e. The van der Waals surface area contributed by atoms with Gasteiger partial charge in [0.1, 0.15) is 5.75 Å². The molecule has 0 aliphatic heterocycles. The largest absolute Gasteiger partial charge is 0.479 e. The molecule has 0 fully saturated rings. The molecule has 0 bridgehead atoms. The first kappa shape index (κ1) is 16.8. The maximum absolute atomic E-state index is 11.8. The van der Waals surface area contributed by atoms with Crippen LogP contribution in [0.1, 0.15) is 6.92 Å². The summed E-state index contributed by atoms with van der Waals surface area (Å²) in [5.41, 5.74) is 0. The summed E-state index contributed by atoms with van der Waals surface area (Å²) in [6.07, 6.45) is 0.878. The molecule has 0 radical (unpaired) electrons. The highest BCUT2D eigenvalue weighted by Gasteiger charge is 2.17. The van der Waals surface area contributed by atoms with Crippen LogP contribution in [-0.4, -0.2) is 23.7 Å². The molecule has 2 N–H and O–H groups in total. The van der Waals surface area contributed by atoms with Gasteiger partial charge in [0.05, 0.1) is 5.02 Å². The zero-order valence-electron chi connectivity index (χ0n) is 10.8. The first-order valence-electron chi connectivity index (χ1n) is 5.75. The summed E-state index contributed by atoms with van der Waals surface area (Å²) in [7, 11) is 0. The van der Waals surface area contributed by atoms with Gasteiger partial charge < -0.3 is 10.1 Å². The summed E-state index contributed by atoms with van der Waals surface area (Å²) < 4.78 is 5.46. The van der Waals surface area contributed by atoms with Crippen molar-refractivity contribution in [2.45, 2.75) is 13.0 Å². The summed E-state index contributed by atoms with van der Waals surface area (Å²) >= 11 is 16.7. The molecule has 0 spiro atoms. The van der Waals surface area contributed by atoms with Crippen molar-refractivity contribution in [3.63, 3.8) is 0 Å². The molecule has 7 heteroatoms. The van der Waals surface area contributed by atoms with Gasteiger partial charge in [-0.2, -0.15) is 0 Å². The van der Waals surface area contributed by atoms with Crippen LogP contribution < -0.4 is 15.4 Å². The number of hydrogen-bond acceptors (Lipinski definition) is 3. The number of nitrogens with one attached hydrogen (secondary N) is 2. The number of amides is 1. The van der Waals surface area contributed by atoms with Crippen LogP contribution in [0, 0.1) is 0 Å². The molecule has 1 unspecified atom stereocenters. The van der Waals surface area contributed by atoms with Crippen LogP contribution in [0.5, 0.6) is 5.75 Å². The third-order valence-electron chi connectivity index (χ3n) is 2.21. The highest BCUT2D eigenvalue weighted by molar-refractivity contribution is 7.80. The van der Waals surface area contributed by atoms with Crippen molar-refractivity contribution in [2.24, 2.45) is 0 Å². The minimum absolute atomic E-state index is 0.215. The number of ether oxygens (including phenoxy) is 1. The Kier molecular flexibility index (Phi) is 6.78. The fraction of sp³-hybridized carbons (Fsp3) is 0.231. The van der Waals surface area contributed by atoms with Gasteiger partial charge in [0.25, 0.3) is 5.91 Å². The van der Waals surface area contributed by atoms with E-state index in [0.29, 0.717) is 22.3 Å². The van der Waals surface area contributed by atoms with Crippen molar-refractivity contribution in [3.05, 3.63) is 40.9 Å². The van der Waals surface area contributed by atoms with E-state index in [9.17, 15) is 4.79 Å². The van der Waals surface area contributed by atoms with Gasteiger partial charge in [-0.25, -0.2) is 0 Å². The van der Waals surface area contributed by atoms with Crippen LogP contribution in [0.4, 0.5) is 0 Å². The fourth-order valence-corrected chi connectivity index (χ4v) is 1.87. The van der Waals surface area contributed by atoms with Crippen LogP contribution in [-0.2, 0) is 4.79 Å². The van der Waals surface area contributed by atoms with Crippen molar-refractivity contribution < 1.29 is 9.53 Å². The Balaban J connectivity index is 2.57. The molecule has 0 aliphatic carbocycles. The molecule has 0 aliphatic rings. The third kappa shape index (κ3) is 5.36. The molecule has 1 aromatic carbocycles. The van der Waals surface area contributed by atoms with Crippen LogP contribution in [0.3, 0.4) is 0 Å². The predicted molar refractivity (Wildman–Crippen MR) is 85.5 cm³/mol. The Morgan fingerprint density at radius 2 is 2.25 bits per heavy atom. The lowest BCUT2D eigenvalue weighted by Gasteiger charge is -2.16. The van der Waals surface area contributed by atoms with E-state index in [2.05, 4.69) is 17.2 Å². The molecule has 0 heterocycles. The van der Waals surface area contributed by atoms with Crippen molar-refractivity contribution in [3.8, 4) is 5.75 Å². The summed E-state index contributed by atoms with van der Waals surface area (Å²) in [6.45, 7) is 5.60. The van der Waals surface area contributed by atoms with Gasteiger partial charge in [-0.05, 0) is 37.3 Å². The van der Waals surface area contributed by atoms with Crippen molar-refractivity contribution >= 4 is 46.4 Å². The normalized spacial score (nSPS) is 11.3. The standard InChI is InChI=1S/C13H14Cl2N2O2S/c1-3-6-16-13(20)17-12(18)8(2)19-11-5-4-9(14)7-10(11)15/h3-5,7-8H,1,6H2,2H3,(H2,16,17,18,20). The van der Waals surface area contributed by atoms with Crippen LogP contribution in [0.25, 0.3) is 0 Å². The summed E-state index contributed by atoms with van der Waals surface area (Å²) in [5, 5.41) is 6.34. The third-order valence-corrected chi connectivity index (χ3v) is 2.99. The highest BCUT2D eigenvalue weighted by Crippen LogP contribution is 2.28. The Labute approximate surface area is 133 Å². The molecule has 1 aromatic rings. The summed E-state index contributed by atoms with van der Waals surface area (Å²) in [4.78, 5) is 11.8. The van der Waals surface area contributed by atoms with Gasteiger partial charge in [0.15, 0.2) is 11.2 Å². The molecule has 0 saturated carbocycles. The Hall–Kier alpha value is -1.30. The van der Waals surface area contributed by atoms with E-state index in [1.807, 2.05) is 0 Å². The van der Waals surface area contributed by atoms with Gasteiger partial charge in [-0.1, -0.05) is 29.3 Å². The number of carbonyl (C=O) groups excluding carboxylic acids is 1. The smallest absolute Gasteiger partial charge is 0.266 e. The Morgan fingerprint density at radius 1 is 1.55 bits per heavy atom. The minimum atomic E-state index is -0.753. The molecular weight excluding hydrogens is 319 g/mol. The van der Waals surface area contributed by atoms with E-state index in [1.165, 1.54) is 0 Å². The number of benzene rings is 1. The zero-order valence-corrected chi connectivity index (χ0v) is 13.1. The molecule has 1 rings (SSSR count). The Bertz CT molecular complexity index is 523. The van der Waals surface area contributed by atoms with E-state index in [0.717, 1.165) is 0 Å². The lowest BCUT2D eigenvalue weighted by atomic mass is 10.3. The number of hydrogen-bond donors (Lipinski definition) is 2. The highest BCUT2D eigenvalue weighted by atomic mass is 35.5. The van der Waals surface area contributed by atoms with Crippen LogP contribution >= 0.6 is 35.4 Å². The fourth-order valence-electron chi connectivity index (χ4n) is 1.24. The zero-order chi connectivity index (χ0) is 15.1. The van der Waals surface area contributed by atoms with Crippen LogP contribution in [0.15, 0.2) is 30.9 Å². The maximum Gasteiger partial charge on any atom is 0.266 e. The summed E-state index contributed by atoms with van der Waals surface area (Å²) in [6, 6.07) is 4.77. The average molecular weight is 333 g/mol. The van der Waals surface area contributed by atoms with Crippen LogP contribution in [0.2, 0.25) is 10.0 Å². The SMILES string of the molecule is C=CCNC(=S)NC(=O)C(C)Oc1ccc(Cl)cc1Cl. The number of halogens is 2. The lowest BCUT2D eigenvalue weighted by Crippen LogP contribution is -2.45. The van der Waals surface area contributed by atoms with E-state index in [4.69, 9.17) is 40.2 Å². The topological polar surface area (TPSA) is 50.4 Å². The van der Waals surface area contributed by atoms with Gasteiger partial charge in [0, 0.05) is 11.6 Å². The van der Waals surface area contributed by atoms with E-state index in [-0.39, 0.29) is 11.0 Å². The molecule has 108 valence electrons. The molecular formula is C13H14Cl2N2O2S. The number of thiocarbonyl (C=S) groups is 1. The summed E-state index contributed by atoms with van der Waals surface area (Å²) in [5.74, 6) is 0.00117. The van der Waals surface area contributed by atoms with Gasteiger partial charge >= 0.3 is 0 Å². The molecule has 1 amide bonds. The second kappa shape index (κ2) is 8.09. The first-order valence-corrected chi connectivity index (χ1v) is 6.91. The van der Waals surface area contributed by atoms with Crippen molar-refractivity contribution in [1.82, 2.24) is 10.6 Å². The van der Waals surface area contributed by atoms with Crippen molar-refractivity contribution in [2.75, 3.05) is 6.54 Å². The number of carbonyl (C=O) groups is 1. The van der Waals surface area contributed by atoms with Gasteiger partial charge in [-0.3, -0.25) is 10.1 Å². The Morgan fingerprint density at radius 3 is 2.85 bits per heavy atom. The molecule has 1 atom stereocenters. The molecule has 20 heavy (non-hydrogen) atoms. The van der Waals surface area contributed by atoms with Gasteiger partial charge in [-0.15, -0.1) is 6.58 Å². The predicted octanol–water partition coefficient (Wildman–Crippen LogP) is 2.94. The lowest BCUT2D eigenvalue weighted by molar-refractivity contribution is -0.125. The average Bonchev–Trinajstić information content (AvgIpc) is 2.39. The second-order valence-corrected chi connectivity index (χ2v) is 5.07.